The Kier molecular flexibility index (Phi) is 6.39. The Balaban J connectivity index is 1.74. The normalized spacial score (nSPS) is 11.5. The van der Waals surface area contributed by atoms with Crippen molar-refractivity contribution in [2.45, 2.75) is 12.7 Å². The zero-order chi connectivity index (χ0) is 26.2. The zero-order valence-electron chi connectivity index (χ0n) is 18.1. The monoisotopic (exact) mass is 509 g/mol. The minimum atomic E-state index is -4.94. The second-order valence-electron chi connectivity index (χ2n) is 7.37. The highest BCUT2D eigenvalue weighted by atomic mass is 19.4. The summed E-state index contributed by atoms with van der Waals surface area (Å²) in [6.45, 7) is -0.462. The second kappa shape index (κ2) is 9.32. The maximum absolute atomic E-state index is 14.1. The molecule has 0 spiro atoms. The topological polar surface area (TPSA) is 83.3 Å². The molecule has 0 unspecified atom stereocenters. The van der Waals surface area contributed by atoms with Gasteiger partial charge in [0.2, 0.25) is 5.88 Å². The summed E-state index contributed by atoms with van der Waals surface area (Å²) in [6.07, 6.45) is -3.10. The van der Waals surface area contributed by atoms with Crippen LogP contribution in [-0.2, 0) is 17.5 Å². The second-order valence-corrected chi connectivity index (χ2v) is 7.37. The van der Waals surface area contributed by atoms with Gasteiger partial charge in [-0.1, -0.05) is 0 Å². The van der Waals surface area contributed by atoms with Gasteiger partial charge in [-0.3, -0.25) is 4.79 Å². The number of benzene rings is 2. The van der Waals surface area contributed by atoms with Crippen molar-refractivity contribution < 1.29 is 40.6 Å². The third-order valence-electron chi connectivity index (χ3n) is 5.05. The lowest BCUT2D eigenvalue weighted by molar-refractivity contribution is -0.138. The smallest absolute Gasteiger partial charge is 0.421 e. The summed E-state index contributed by atoms with van der Waals surface area (Å²) in [7, 11) is 0.995. The van der Waals surface area contributed by atoms with Gasteiger partial charge in [0.15, 0.2) is 0 Å². The van der Waals surface area contributed by atoms with E-state index in [0.717, 1.165) is 25.7 Å². The summed E-state index contributed by atoms with van der Waals surface area (Å²) < 4.78 is 92.9. The highest BCUT2D eigenvalue weighted by Gasteiger charge is 2.36. The van der Waals surface area contributed by atoms with Crippen molar-refractivity contribution in [3.05, 3.63) is 93.4 Å². The standard InChI is InChI=1S/C23H13F6N3O4/c1-35-22(34)11-4-16(23(27,28)29)21(30-8-11)36-13-2-3-19-14(7-13)20(33)31-10-32(19)9-15-17(25)5-12(24)6-18(15)26/h2-8,10H,9H2,1H3. The Labute approximate surface area is 197 Å². The van der Waals surface area contributed by atoms with Crippen LogP contribution < -0.4 is 10.3 Å². The van der Waals surface area contributed by atoms with Crippen molar-refractivity contribution in [3.63, 3.8) is 0 Å². The average Bonchev–Trinajstić information content (AvgIpc) is 2.82. The highest BCUT2D eigenvalue weighted by molar-refractivity contribution is 5.89. The summed E-state index contributed by atoms with van der Waals surface area (Å²) in [5, 5.41) is -0.141. The minimum absolute atomic E-state index is 0.121. The molecule has 2 aromatic carbocycles. The van der Waals surface area contributed by atoms with Gasteiger partial charge in [0.25, 0.3) is 5.56 Å². The van der Waals surface area contributed by atoms with Crippen LogP contribution in [0.25, 0.3) is 10.9 Å². The Bertz CT molecular complexity index is 1530. The van der Waals surface area contributed by atoms with Crippen LogP contribution in [0, 0.1) is 17.5 Å². The molecule has 2 aromatic heterocycles. The van der Waals surface area contributed by atoms with Gasteiger partial charge in [-0.25, -0.2) is 22.9 Å². The number of esters is 1. The molecule has 0 aliphatic rings. The van der Waals surface area contributed by atoms with E-state index >= 15 is 0 Å². The Morgan fingerprint density at radius 1 is 1.03 bits per heavy atom. The van der Waals surface area contributed by atoms with E-state index in [2.05, 4.69) is 14.7 Å². The van der Waals surface area contributed by atoms with E-state index in [9.17, 15) is 35.9 Å². The lowest BCUT2D eigenvalue weighted by Gasteiger charge is -2.15. The first kappa shape index (κ1) is 24.7. The molecule has 0 radical (unpaired) electrons. The summed E-state index contributed by atoms with van der Waals surface area (Å²) in [5.74, 6) is -5.58. The first-order valence-electron chi connectivity index (χ1n) is 9.94. The fraction of sp³-hybridized carbons (Fsp3) is 0.130. The molecular weight excluding hydrogens is 496 g/mol. The molecule has 36 heavy (non-hydrogen) atoms. The number of carbonyl (C=O) groups is 1. The minimum Gasteiger partial charge on any atom is -0.465 e. The number of nitrogens with zero attached hydrogens (tertiary/aromatic N) is 3. The van der Waals surface area contributed by atoms with Crippen molar-refractivity contribution in [1.82, 2.24) is 14.5 Å². The number of rotatable bonds is 5. The fourth-order valence-electron chi connectivity index (χ4n) is 3.35. The van der Waals surface area contributed by atoms with Crippen LogP contribution in [-0.4, -0.2) is 27.6 Å². The molecule has 0 N–H and O–H groups in total. The van der Waals surface area contributed by atoms with Crippen LogP contribution in [0.3, 0.4) is 0 Å². The molecule has 0 saturated carbocycles. The van der Waals surface area contributed by atoms with Crippen LogP contribution in [0.5, 0.6) is 11.6 Å². The number of aromatic nitrogens is 3. The molecule has 0 aliphatic carbocycles. The van der Waals surface area contributed by atoms with Crippen LogP contribution in [0.1, 0.15) is 21.5 Å². The van der Waals surface area contributed by atoms with Crippen molar-refractivity contribution >= 4 is 16.9 Å². The lowest BCUT2D eigenvalue weighted by atomic mass is 10.1. The predicted octanol–water partition coefficient (Wildman–Crippen LogP) is 4.85. The van der Waals surface area contributed by atoms with Gasteiger partial charge in [0.1, 0.15) is 28.8 Å². The van der Waals surface area contributed by atoms with Gasteiger partial charge < -0.3 is 14.0 Å². The largest absolute Gasteiger partial charge is 0.465 e. The number of carbonyl (C=O) groups excluding carboxylic acids is 1. The van der Waals surface area contributed by atoms with Gasteiger partial charge in [-0.2, -0.15) is 18.2 Å². The molecule has 2 heterocycles. The predicted molar refractivity (Wildman–Crippen MR) is 112 cm³/mol. The Morgan fingerprint density at radius 3 is 2.36 bits per heavy atom. The van der Waals surface area contributed by atoms with Crippen LogP contribution in [0.15, 0.2) is 53.7 Å². The highest BCUT2D eigenvalue weighted by Crippen LogP contribution is 2.37. The Morgan fingerprint density at radius 2 is 1.72 bits per heavy atom. The molecule has 0 aliphatic heterocycles. The van der Waals surface area contributed by atoms with E-state index in [1.165, 1.54) is 16.7 Å². The number of halogens is 6. The summed E-state index contributed by atoms with van der Waals surface area (Å²) in [5.41, 5.74) is -2.99. The Hall–Kier alpha value is -4.42. The van der Waals surface area contributed by atoms with Crippen LogP contribution in [0.4, 0.5) is 26.3 Å². The SMILES string of the molecule is COC(=O)c1cnc(Oc2ccc3c(c2)c(=O)ncn3Cc2c(F)cc(F)cc2F)c(C(F)(F)F)c1. The first-order valence-corrected chi connectivity index (χ1v) is 9.94. The number of alkyl halides is 3. The number of hydrogen-bond donors (Lipinski definition) is 0. The van der Waals surface area contributed by atoms with Crippen molar-refractivity contribution in [3.8, 4) is 11.6 Å². The molecule has 0 fully saturated rings. The first-order chi connectivity index (χ1) is 17.0. The quantitative estimate of drug-likeness (QED) is 0.283. The molecule has 186 valence electrons. The molecule has 0 saturated heterocycles. The average molecular weight is 509 g/mol. The van der Waals surface area contributed by atoms with Gasteiger partial charge in [-0.15, -0.1) is 0 Å². The molecule has 4 rings (SSSR count). The molecule has 0 amide bonds. The van der Waals surface area contributed by atoms with Crippen molar-refractivity contribution in [2.75, 3.05) is 7.11 Å². The number of fused-ring (bicyclic) bond motifs is 1. The van der Waals surface area contributed by atoms with Gasteiger partial charge in [0.05, 0.1) is 36.4 Å². The van der Waals surface area contributed by atoms with E-state index < -0.39 is 64.3 Å². The molecule has 13 heteroatoms. The molecule has 0 bridgehead atoms. The summed E-state index contributed by atoms with van der Waals surface area (Å²) in [4.78, 5) is 31.1. The molecule has 4 aromatic rings. The number of methoxy groups -OCH3 is 1. The zero-order valence-corrected chi connectivity index (χ0v) is 18.1. The summed E-state index contributed by atoms with van der Waals surface area (Å²) in [6, 6.07) is 5.05. The van der Waals surface area contributed by atoms with Crippen molar-refractivity contribution in [2.24, 2.45) is 0 Å². The number of pyridine rings is 1. The third kappa shape index (κ3) is 4.85. The van der Waals surface area contributed by atoms with Gasteiger partial charge >= 0.3 is 12.1 Å². The maximum Gasteiger partial charge on any atom is 0.421 e. The van der Waals surface area contributed by atoms with E-state index in [-0.39, 0.29) is 16.7 Å². The fourth-order valence-corrected chi connectivity index (χ4v) is 3.35. The third-order valence-corrected chi connectivity index (χ3v) is 5.05. The van der Waals surface area contributed by atoms with Gasteiger partial charge in [0, 0.05) is 23.9 Å². The lowest BCUT2D eigenvalue weighted by Crippen LogP contribution is -2.15. The molecule has 0 atom stereocenters. The van der Waals surface area contributed by atoms with E-state index in [0.29, 0.717) is 18.2 Å². The molecule has 7 nitrogen and oxygen atoms in total. The molecular formula is C23H13F6N3O4. The van der Waals surface area contributed by atoms with Gasteiger partial charge in [-0.05, 0) is 24.3 Å². The maximum atomic E-state index is 14.1. The van der Waals surface area contributed by atoms with Crippen LogP contribution >= 0.6 is 0 Å². The van der Waals surface area contributed by atoms with Crippen LogP contribution in [0.2, 0.25) is 0 Å². The number of hydrogen-bond acceptors (Lipinski definition) is 6. The van der Waals surface area contributed by atoms with E-state index in [4.69, 9.17) is 4.74 Å². The summed E-state index contributed by atoms with van der Waals surface area (Å²) >= 11 is 0. The number of ether oxygens (including phenoxy) is 2. The van der Waals surface area contributed by atoms with E-state index in [1.807, 2.05) is 0 Å². The van der Waals surface area contributed by atoms with Crippen molar-refractivity contribution in [1.29, 1.82) is 0 Å². The van der Waals surface area contributed by atoms with E-state index in [1.54, 1.807) is 0 Å².